The van der Waals surface area contributed by atoms with Gasteiger partial charge in [0, 0.05) is 23.1 Å². The van der Waals surface area contributed by atoms with Crippen LogP contribution in [0.15, 0.2) is 58.1 Å². The van der Waals surface area contributed by atoms with E-state index in [-0.39, 0.29) is 23.7 Å². The molecule has 0 aliphatic carbocycles. The quantitative estimate of drug-likeness (QED) is 0.569. The first-order valence-electron chi connectivity index (χ1n) is 9.23. The Bertz CT molecular complexity index is 883. The third kappa shape index (κ3) is 4.87. The molecule has 146 valence electrons. The Hall–Kier alpha value is -2.47. The van der Waals surface area contributed by atoms with Gasteiger partial charge in [-0.2, -0.15) is 5.10 Å². The topological polar surface area (TPSA) is 61.8 Å². The standard InChI is InChI=1S/C22H24BrN3O2/c1-22(2,3)17-6-4-15(5-7-17)13-24-25-21(28)16-12-20(27)26(14-16)19-10-8-18(23)9-11-19/h4-11,13,16H,12,14H2,1-3H3,(H,25,28)/b24-13-/t16-/m1/s1. The summed E-state index contributed by atoms with van der Waals surface area (Å²) in [7, 11) is 0. The van der Waals surface area contributed by atoms with Gasteiger partial charge in [-0.15, -0.1) is 0 Å². The van der Waals surface area contributed by atoms with Gasteiger partial charge in [-0.25, -0.2) is 5.43 Å². The Kier molecular flexibility index (Phi) is 5.98. The third-order valence-electron chi connectivity index (χ3n) is 4.80. The van der Waals surface area contributed by atoms with Crippen LogP contribution in [0.3, 0.4) is 0 Å². The largest absolute Gasteiger partial charge is 0.312 e. The number of hydrazone groups is 1. The minimum atomic E-state index is -0.406. The summed E-state index contributed by atoms with van der Waals surface area (Å²) in [5.41, 5.74) is 5.61. The molecule has 5 nitrogen and oxygen atoms in total. The van der Waals surface area contributed by atoms with E-state index in [0.717, 1.165) is 15.7 Å². The molecule has 0 bridgehead atoms. The highest BCUT2D eigenvalue weighted by atomic mass is 79.9. The number of carbonyl (C=O) groups excluding carboxylic acids is 2. The fourth-order valence-electron chi connectivity index (χ4n) is 3.08. The van der Waals surface area contributed by atoms with Gasteiger partial charge in [-0.3, -0.25) is 9.59 Å². The van der Waals surface area contributed by atoms with Gasteiger partial charge in [0.15, 0.2) is 0 Å². The summed E-state index contributed by atoms with van der Waals surface area (Å²) in [6.45, 7) is 6.85. The summed E-state index contributed by atoms with van der Waals surface area (Å²) in [5, 5.41) is 4.05. The average molecular weight is 442 g/mol. The molecule has 3 rings (SSSR count). The Morgan fingerprint density at radius 1 is 1.14 bits per heavy atom. The van der Waals surface area contributed by atoms with Crippen LogP contribution in [0.25, 0.3) is 0 Å². The molecule has 1 heterocycles. The van der Waals surface area contributed by atoms with Crippen LogP contribution in [0.4, 0.5) is 5.69 Å². The van der Waals surface area contributed by atoms with E-state index < -0.39 is 5.92 Å². The van der Waals surface area contributed by atoms with E-state index >= 15 is 0 Å². The number of benzene rings is 2. The smallest absolute Gasteiger partial charge is 0.245 e. The SMILES string of the molecule is CC(C)(C)c1ccc(/C=N\NC(=O)[C@@H]2CC(=O)N(c3ccc(Br)cc3)C2)cc1. The fourth-order valence-corrected chi connectivity index (χ4v) is 3.35. The maximum atomic E-state index is 12.4. The van der Waals surface area contributed by atoms with E-state index in [2.05, 4.69) is 59.4 Å². The molecule has 1 fully saturated rings. The zero-order valence-electron chi connectivity index (χ0n) is 16.3. The number of nitrogens with one attached hydrogen (secondary N) is 1. The van der Waals surface area contributed by atoms with E-state index in [9.17, 15) is 9.59 Å². The molecule has 28 heavy (non-hydrogen) atoms. The lowest BCUT2D eigenvalue weighted by Crippen LogP contribution is -2.30. The van der Waals surface area contributed by atoms with Crippen LogP contribution >= 0.6 is 15.9 Å². The maximum Gasteiger partial charge on any atom is 0.245 e. The van der Waals surface area contributed by atoms with Gasteiger partial charge in [0.05, 0.1) is 12.1 Å². The zero-order valence-corrected chi connectivity index (χ0v) is 17.9. The van der Waals surface area contributed by atoms with Crippen LogP contribution in [0.5, 0.6) is 0 Å². The highest BCUT2D eigenvalue weighted by Crippen LogP contribution is 2.26. The molecule has 2 amide bonds. The van der Waals surface area contributed by atoms with Crippen molar-refractivity contribution < 1.29 is 9.59 Å². The van der Waals surface area contributed by atoms with Gasteiger partial charge >= 0.3 is 0 Å². The molecule has 0 radical (unpaired) electrons. The van der Waals surface area contributed by atoms with Crippen LogP contribution in [0, 0.1) is 5.92 Å². The second-order valence-corrected chi connectivity index (χ2v) is 8.90. The molecule has 1 atom stereocenters. The Labute approximate surface area is 173 Å². The van der Waals surface area contributed by atoms with E-state index in [1.165, 1.54) is 5.56 Å². The van der Waals surface area contributed by atoms with Crippen LogP contribution in [-0.4, -0.2) is 24.6 Å². The molecule has 0 saturated carbocycles. The lowest BCUT2D eigenvalue weighted by atomic mass is 9.87. The molecule has 2 aromatic rings. The van der Waals surface area contributed by atoms with Crippen molar-refractivity contribution in [3.05, 3.63) is 64.1 Å². The highest BCUT2D eigenvalue weighted by Gasteiger charge is 2.35. The van der Waals surface area contributed by atoms with Crippen molar-refractivity contribution in [3.8, 4) is 0 Å². The van der Waals surface area contributed by atoms with Gasteiger partial charge < -0.3 is 4.90 Å². The van der Waals surface area contributed by atoms with Gasteiger partial charge in [0.1, 0.15) is 0 Å². The summed E-state index contributed by atoms with van der Waals surface area (Å²) >= 11 is 3.38. The van der Waals surface area contributed by atoms with Gasteiger partial charge in [0.2, 0.25) is 11.8 Å². The van der Waals surface area contributed by atoms with E-state index in [1.54, 1.807) is 11.1 Å². The van der Waals surface area contributed by atoms with Crippen LogP contribution < -0.4 is 10.3 Å². The van der Waals surface area contributed by atoms with E-state index in [0.29, 0.717) is 6.54 Å². The molecular weight excluding hydrogens is 418 g/mol. The first-order chi connectivity index (χ1) is 13.2. The molecule has 1 aliphatic heterocycles. The summed E-state index contributed by atoms with van der Waals surface area (Å²) in [6, 6.07) is 15.6. The number of amides is 2. The Balaban J connectivity index is 1.57. The molecule has 0 unspecified atom stereocenters. The maximum absolute atomic E-state index is 12.4. The monoisotopic (exact) mass is 441 g/mol. The van der Waals surface area contributed by atoms with Crippen molar-refractivity contribution in [2.45, 2.75) is 32.6 Å². The number of hydrogen-bond donors (Lipinski definition) is 1. The van der Waals surface area contributed by atoms with Crippen molar-refractivity contribution in [2.24, 2.45) is 11.0 Å². The van der Waals surface area contributed by atoms with Crippen molar-refractivity contribution in [3.63, 3.8) is 0 Å². The zero-order chi connectivity index (χ0) is 20.3. The van der Waals surface area contributed by atoms with Crippen LogP contribution in [0.2, 0.25) is 0 Å². The lowest BCUT2D eigenvalue weighted by molar-refractivity contribution is -0.126. The summed E-state index contributed by atoms with van der Waals surface area (Å²) < 4.78 is 0.946. The van der Waals surface area contributed by atoms with Gasteiger partial charge in [-0.1, -0.05) is 61.0 Å². The molecular formula is C22H24BrN3O2. The fraction of sp³-hybridized carbons (Fsp3) is 0.318. The molecule has 1 N–H and O–H groups in total. The number of hydrogen-bond acceptors (Lipinski definition) is 3. The number of anilines is 1. The van der Waals surface area contributed by atoms with Crippen LogP contribution in [0.1, 0.15) is 38.3 Å². The predicted octanol–water partition coefficient (Wildman–Crippen LogP) is 4.25. The molecule has 1 saturated heterocycles. The average Bonchev–Trinajstić information content (AvgIpc) is 3.04. The molecule has 0 spiro atoms. The first-order valence-corrected chi connectivity index (χ1v) is 10.0. The van der Waals surface area contributed by atoms with Crippen LogP contribution in [-0.2, 0) is 15.0 Å². The van der Waals surface area contributed by atoms with Gasteiger partial charge in [0.25, 0.3) is 0 Å². The van der Waals surface area contributed by atoms with E-state index in [4.69, 9.17) is 0 Å². The molecule has 0 aromatic heterocycles. The van der Waals surface area contributed by atoms with Crippen molar-refractivity contribution in [1.82, 2.24) is 5.43 Å². The minimum Gasteiger partial charge on any atom is -0.312 e. The summed E-state index contributed by atoms with van der Waals surface area (Å²) in [6.07, 6.45) is 1.81. The molecule has 2 aromatic carbocycles. The second kappa shape index (κ2) is 8.27. The van der Waals surface area contributed by atoms with Crippen molar-refractivity contribution in [1.29, 1.82) is 0 Å². The predicted molar refractivity (Wildman–Crippen MR) is 115 cm³/mol. The van der Waals surface area contributed by atoms with Crippen molar-refractivity contribution in [2.75, 3.05) is 11.4 Å². The normalized spacial score (nSPS) is 17.4. The molecule has 1 aliphatic rings. The summed E-state index contributed by atoms with van der Waals surface area (Å²) in [5.74, 6) is -0.698. The number of rotatable bonds is 4. The van der Waals surface area contributed by atoms with E-state index in [1.807, 2.05) is 36.4 Å². The number of halogens is 1. The highest BCUT2D eigenvalue weighted by molar-refractivity contribution is 9.10. The van der Waals surface area contributed by atoms with Crippen molar-refractivity contribution >= 4 is 39.6 Å². The Morgan fingerprint density at radius 3 is 2.39 bits per heavy atom. The summed E-state index contributed by atoms with van der Waals surface area (Å²) in [4.78, 5) is 26.3. The molecule has 6 heteroatoms. The second-order valence-electron chi connectivity index (χ2n) is 7.99. The number of nitrogens with zero attached hydrogens (tertiary/aromatic N) is 2. The lowest BCUT2D eigenvalue weighted by Gasteiger charge is -2.18. The first kappa shape index (κ1) is 20.3. The van der Waals surface area contributed by atoms with Gasteiger partial charge in [-0.05, 0) is 40.8 Å². The third-order valence-corrected chi connectivity index (χ3v) is 5.33. The number of carbonyl (C=O) groups is 2. The Morgan fingerprint density at radius 2 is 1.79 bits per heavy atom. The minimum absolute atomic E-state index is 0.0516.